The van der Waals surface area contributed by atoms with Crippen molar-refractivity contribution in [1.29, 1.82) is 0 Å². The van der Waals surface area contributed by atoms with E-state index in [4.69, 9.17) is 12.2 Å². The molecule has 0 bridgehead atoms. The van der Waals surface area contributed by atoms with E-state index in [0.29, 0.717) is 11.5 Å². The van der Waals surface area contributed by atoms with Crippen LogP contribution in [0, 0.1) is 6.92 Å². The number of carbonyl (C=O) groups excluding carboxylic acids is 1. The predicted molar refractivity (Wildman–Crippen MR) is 80.0 cm³/mol. The maximum absolute atomic E-state index is 11.4. The Bertz CT molecular complexity index is 446. The first-order valence-electron chi connectivity index (χ1n) is 6.02. The first-order chi connectivity index (χ1) is 8.56. The van der Waals surface area contributed by atoms with E-state index in [1.807, 2.05) is 39.0 Å². The lowest BCUT2D eigenvalue weighted by Gasteiger charge is -2.12. The summed E-state index contributed by atoms with van der Waals surface area (Å²) in [7, 11) is 0. The maximum atomic E-state index is 11.4. The van der Waals surface area contributed by atoms with Crippen molar-refractivity contribution >= 4 is 34.6 Å². The Labute approximate surface area is 113 Å². The van der Waals surface area contributed by atoms with Crippen LogP contribution in [-0.2, 0) is 4.79 Å². The molecule has 0 saturated heterocycles. The summed E-state index contributed by atoms with van der Waals surface area (Å²) in [4.78, 5) is 11.4. The van der Waals surface area contributed by atoms with Crippen LogP contribution in [0.15, 0.2) is 18.2 Å². The van der Waals surface area contributed by atoms with E-state index < -0.39 is 0 Å². The molecule has 0 aliphatic carbocycles. The van der Waals surface area contributed by atoms with Crippen molar-refractivity contribution in [2.45, 2.75) is 27.2 Å². The molecule has 0 spiro atoms. The molecule has 0 aliphatic rings. The van der Waals surface area contributed by atoms with Gasteiger partial charge in [0.25, 0.3) is 0 Å². The largest absolute Gasteiger partial charge is 0.363 e. The van der Waals surface area contributed by atoms with Gasteiger partial charge in [-0.2, -0.15) is 0 Å². The van der Waals surface area contributed by atoms with Gasteiger partial charge >= 0.3 is 0 Å². The smallest absolute Gasteiger partial charge is 0.224 e. The SMILES string of the molecule is CCNC(=S)Nc1ccc(C)c(NC(=O)CC)c1. The first kappa shape index (κ1) is 14.4. The summed E-state index contributed by atoms with van der Waals surface area (Å²) in [6, 6.07) is 5.76. The summed E-state index contributed by atoms with van der Waals surface area (Å²) in [5, 5.41) is 9.52. The molecule has 0 radical (unpaired) electrons. The molecule has 3 N–H and O–H groups in total. The quantitative estimate of drug-likeness (QED) is 0.733. The van der Waals surface area contributed by atoms with Gasteiger partial charge in [-0.1, -0.05) is 13.0 Å². The molecule has 98 valence electrons. The Morgan fingerprint density at radius 3 is 2.61 bits per heavy atom. The fraction of sp³-hybridized carbons (Fsp3) is 0.385. The number of hydrogen-bond acceptors (Lipinski definition) is 2. The van der Waals surface area contributed by atoms with Gasteiger partial charge in [0, 0.05) is 24.3 Å². The van der Waals surface area contributed by atoms with Crippen molar-refractivity contribution in [3.05, 3.63) is 23.8 Å². The lowest BCUT2D eigenvalue weighted by molar-refractivity contribution is -0.115. The molecule has 0 fully saturated rings. The summed E-state index contributed by atoms with van der Waals surface area (Å²) < 4.78 is 0. The van der Waals surface area contributed by atoms with Crippen LogP contribution in [0.5, 0.6) is 0 Å². The molecule has 1 aromatic rings. The van der Waals surface area contributed by atoms with Crippen LogP contribution in [-0.4, -0.2) is 17.6 Å². The number of aryl methyl sites for hydroxylation is 1. The van der Waals surface area contributed by atoms with Crippen molar-refractivity contribution in [1.82, 2.24) is 5.32 Å². The molecule has 1 aromatic carbocycles. The summed E-state index contributed by atoms with van der Waals surface area (Å²) in [6.07, 6.45) is 0.465. The number of amides is 1. The zero-order chi connectivity index (χ0) is 13.5. The monoisotopic (exact) mass is 265 g/mol. The highest BCUT2D eigenvalue weighted by Crippen LogP contribution is 2.20. The Balaban J connectivity index is 2.80. The predicted octanol–water partition coefficient (Wildman–Crippen LogP) is 2.65. The van der Waals surface area contributed by atoms with Gasteiger partial charge in [0.05, 0.1) is 0 Å². The first-order valence-corrected chi connectivity index (χ1v) is 6.43. The van der Waals surface area contributed by atoms with Crippen LogP contribution < -0.4 is 16.0 Å². The van der Waals surface area contributed by atoms with Gasteiger partial charge in [0.15, 0.2) is 5.11 Å². The zero-order valence-electron chi connectivity index (χ0n) is 11.0. The molecular formula is C13H19N3OS. The molecule has 0 unspecified atom stereocenters. The molecule has 18 heavy (non-hydrogen) atoms. The Morgan fingerprint density at radius 2 is 2.00 bits per heavy atom. The highest BCUT2D eigenvalue weighted by atomic mass is 32.1. The fourth-order valence-electron chi connectivity index (χ4n) is 1.41. The Morgan fingerprint density at radius 1 is 1.28 bits per heavy atom. The van der Waals surface area contributed by atoms with Crippen LogP contribution in [0.3, 0.4) is 0 Å². The van der Waals surface area contributed by atoms with E-state index in [0.717, 1.165) is 23.5 Å². The Hall–Kier alpha value is -1.62. The van der Waals surface area contributed by atoms with Crippen molar-refractivity contribution in [2.24, 2.45) is 0 Å². The van der Waals surface area contributed by atoms with Gasteiger partial charge < -0.3 is 16.0 Å². The van der Waals surface area contributed by atoms with Gasteiger partial charge in [0.2, 0.25) is 5.91 Å². The standard InChI is InChI=1S/C13H19N3OS/c1-4-12(17)16-11-8-10(7-6-9(11)3)15-13(18)14-5-2/h6-8H,4-5H2,1-3H3,(H,16,17)(H2,14,15,18). The van der Waals surface area contributed by atoms with Crippen molar-refractivity contribution in [3.63, 3.8) is 0 Å². The number of hydrogen-bond donors (Lipinski definition) is 3. The van der Waals surface area contributed by atoms with E-state index in [9.17, 15) is 4.79 Å². The molecule has 0 aliphatic heterocycles. The van der Waals surface area contributed by atoms with Crippen LogP contribution in [0.1, 0.15) is 25.8 Å². The average Bonchev–Trinajstić information content (AvgIpc) is 2.33. The molecule has 4 nitrogen and oxygen atoms in total. The van der Waals surface area contributed by atoms with Crippen molar-refractivity contribution in [3.8, 4) is 0 Å². The molecule has 0 atom stereocenters. The molecular weight excluding hydrogens is 246 g/mol. The second-order valence-electron chi connectivity index (χ2n) is 3.92. The summed E-state index contributed by atoms with van der Waals surface area (Å²) in [6.45, 7) is 6.54. The summed E-state index contributed by atoms with van der Waals surface area (Å²) in [5.41, 5.74) is 2.70. The van der Waals surface area contributed by atoms with E-state index >= 15 is 0 Å². The molecule has 1 rings (SSSR count). The minimum atomic E-state index is 0.00418. The number of rotatable bonds is 4. The number of carbonyl (C=O) groups is 1. The van der Waals surface area contributed by atoms with Gasteiger partial charge in [-0.15, -0.1) is 0 Å². The molecule has 0 heterocycles. The second-order valence-corrected chi connectivity index (χ2v) is 4.32. The number of benzene rings is 1. The van der Waals surface area contributed by atoms with Crippen LogP contribution in [0.2, 0.25) is 0 Å². The van der Waals surface area contributed by atoms with Gasteiger partial charge in [-0.25, -0.2) is 0 Å². The third kappa shape index (κ3) is 4.33. The maximum Gasteiger partial charge on any atom is 0.224 e. The van der Waals surface area contributed by atoms with Gasteiger partial charge in [0.1, 0.15) is 0 Å². The lowest BCUT2D eigenvalue weighted by Crippen LogP contribution is -2.27. The van der Waals surface area contributed by atoms with E-state index in [2.05, 4.69) is 16.0 Å². The normalized spacial score (nSPS) is 9.72. The molecule has 0 saturated carbocycles. The summed E-state index contributed by atoms with van der Waals surface area (Å²) >= 11 is 5.11. The van der Waals surface area contributed by atoms with Crippen molar-refractivity contribution < 1.29 is 4.79 Å². The minimum Gasteiger partial charge on any atom is -0.363 e. The van der Waals surface area contributed by atoms with E-state index in [1.165, 1.54) is 0 Å². The fourth-order valence-corrected chi connectivity index (χ4v) is 1.67. The zero-order valence-corrected chi connectivity index (χ0v) is 11.8. The van der Waals surface area contributed by atoms with Crippen LogP contribution in [0.4, 0.5) is 11.4 Å². The number of nitrogens with one attached hydrogen (secondary N) is 3. The second kappa shape index (κ2) is 6.96. The highest BCUT2D eigenvalue weighted by Gasteiger charge is 2.04. The lowest BCUT2D eigenvalue weighted by atomic mass is 10.1. The van der Waals surface area contributed by atoms with Crippen LogP contribution in [0.25, 0.3) is 0 Å². The van der Waals surface area contributed by atoms with Crippen molar-refractivity contribution in [2.75, 3.05) is 17.2 Å². The molecule has 1 amide bonds. The van der Waals surface area contributed by atoms with E-state index in [1.54, 1.807) is 0 Å². The third-order valence-electron chi connectivity index (χ3n) is 2.43. The molecule has 5 heteroatoms. The Kier molecular flexibility index (Phi) is 5.58. The van der Waals surface area contributed by atoms with Gasteiger partial charge in [-0.05, 0) is 43.8 Å². The van der Waals surface area contributed by atoms with Gasteiger partial charge in [-0.3, -0.25) is 4.79 Å². The average molecular weight is 265 g/mol. The van der Waals surface area contributed by atoms with E-state index in [-0.39, 0.29) is 5.91 Å². The topological polar surface area (TPSA) is 53.2 Å². The molecule has 0 aromatic heterocycles. The minimum absolute atomic E-state index is 0.00418. The number of anilines is 2. The summed E-state index contributed by atoms with van der Waals surface area (Å²) in [5.74, 6) is 0.00418. The highest BCUT2D eigenvalue weighted by molar-refractivity contribution is 7.80. The number of thiocarbonyl (C=S) groups is 1. The third-order valence-corrected chi connectivity index (χ3v) is 2.67. The van der Waals surface area contributed by atoms with Crippen LogP contribution >= 0.6 is 12.2 Å².